The lowest BCUT2D eigenvalue weighted by Gasteiger charge is -2.08. The summed E-state index contributed by atoms with van der Waals surface area (Å²) in [7, 11) is 0. The van der Waals surface area contributed by atoms with Gasteiger partial charge in [0.2, 0.25) is 11.8 Å². The molecule has 2 heterocycles. The minimum absolute atomic E-state index is 0.171. The highest BCUT2D eigenvalue weighted by molar-refractivity contribution is 7.99. The first-order valence-electron chi connectivity index (χ1n) is 9.45. The molecule has 0 atom stereocenters. The van der Waals surface area contributed by atoms with Crippen LogP contribution in [0.3, 0.4) is 0 Å². The molecule has 0 aliphatic rings. The Kier molecular flexibility index (Phi) is 5.67. The van der Waals surface area contributed by atoms with E-state index in [-0.39, 0.29) is 11.7 Å². The topological polar surface area (TPSA) is 85.8 Å². The predicted molar refractivity (Wildman–Crippen MR) is 117 cm³/mol. The number of rotatable bonds is 6. The standard InChI is InChI=1S/C22H21N5O2S/c1-14-4-8-17(9-5-14)19-12-21(29-26-19)23-20(28)13-30-22-25-24-16(3)27(22)18-10-6-15(2)7-11-18/h4-12H,13H2,1-3H3,(H,23,28). The van der Waals surface area contributed by atoms with Crippen molar-refractivity contribution in [1.82, 2.24) is 19.9 Å². The summed E-state index contributed by atoms with van der Waals surface area (Å²) in [6, 6.07) is 17.7. The molecule has 7 nitrogen and oxygen atoms in total. The van der Waals surface area contributed by atoms with Crippen LogP contribution in [0, 0.1) is 20.8 Å². The van der Waals surface area contributed by atoms with Crippen molar-refractivity contribution >= 4 is 23.6 Å². The van der Waals surface area contributed by atoms with Crippen molar-refractivity contribution in [1.29, 1.82) is 0 Å². The zero-order valence-corrected chi connectivity index (χ0v) is 17.7. The molecule has 0 aliphatic carbocycles. The smallest absolute Gasteiger partial charge is 0.237 e. The monoisotopic (exact) mass is 419 g/mol. The van der Waals surface area contributed by atoms with Crippen molar-refractivity contribution in [3.8, 4) is 16.9 Å². The van der Waals surface area contributed by atoms with E-state index in [1.807, 2.05) is 73.9 Å². The molecule has 8 heteroatoms. The summed E-state index contributed by atoms with van der Waals surface area (Å²) in [5.74, 6) is 1.04. The zero-order chi connectivity index (χ0) is 21.1. The molecule has 4 aromatic rings. The van der Waals surface area contributed by atoms with Crippen LogP contribution in [-0.4, -0.2) is 31.6 Å². The third-order valence-corrected chi connectivity index (χ3v) is 5.47. The molecule has 0 radical (unpaired) electrons. The highest BCUT2D eigenvalue weighted by Crippen LogP contribution is 2.24. The fourth-order valence-corrected chi connectivity index (χ4v) is 3.72. The van der Waals surface area contributed by atoms with Gasteiger partial charge in [0.25, 0.3) is 0 Å². The van der Waals surface area contributed by atoms with Crippen LogP contribution in [0.5, 0.6) is 0 Å². The maximum atomic E-state index is 12.4. The number of thioether (sulfide) groups is 1. The van der Waals surface area contributed by atoms with Gasteiger partial charge in [-0.3, -0.25) is 14.7 Å². The van der Waals surface area contributed by atoms with E-state index >= 15 is 0 Å². The van der Waals surface area contributed by atoms with E-state index in [9.17, 15) is 4.79 Å². The number of carbonyl (C=O) groups excluding carboxylic acids is 1. The van der Waals surface area contributed by atoms with Crippen LogP contribution in [0.25, 0.3) is 16.9 Å². The summed E-state index contributed by atoms with van der Waals surface area (Å²) >= 11 is 1.31. The van der Waals surface area contributed by atoms with E-state index in [2.05, 4.69) is 20.7 Å². The Hall–Kier alpha value is -3.39. The summed E-state index contributed by atoms with van der Waals surface area (Å²) in [5, 5.41) is 15.8. The normalized spacial score (nSPS) is 10.9. The summed E-state index contributed by atoms with van der Waals surface area (Å²) in [4.78, 5) is 12.4. The lowest BCUT2D eigenvalue weighted by Crippen LogP contribution is -2.14. The Morgan fingerprint density at radius 1 is 1.00 bits per heavy atom. The molecule has 0 saturated heterocycles. The first-order valence-corrected chi connectivity index (χ1v) is 10.4. The maximum absolute atomic E-state index is 12.4. The number of aryl methyl sites for hydroxylation is 3. The second-order valence-electron chi connectivity index (χ2n) is 6.98. The number of carbonyl (C=O) groups is 1. The van der Waals surface area contributed by atoms with Crippen LogP contribution in [0.1, 0.15) is 17.0 Å². The first kappa shape index (κ1) is 19.9. The van der Waals surface area contributed by atoms with E-state index in [4.69, 9.17) is 4.52 Å². The van der Waals surface area contributed by atoms with Crippen LogP contribution in [0.4, 0.5) is 5.88 Å². The Bertz CT molecular complexity index is 1160. The molecule has 0 unspecified atom stereocenters. The number of hydrogen-bond acceptors (Lipinski definition) is 6. The predicted octanol–water partition coefficient (Wildman–Crippen LogP) is 4.58. The van der Waals surface area contributed by atoms with E-state index in [1.54, 1.807) is 6.07 Å². The van der Waals surface area contributed by atoms with E-state index < -0.39 is 0 Å². The molecule has 2 aromatic heterocycles. The second kappa shape index (κ2) is 8.54. The average Bonchev–Trinajstić information content (AvgIpc) is 3.34. The van der Waals surface area contributed by atoms with Crippen molar-refractivity contribution in [2.24, 2.45) is 0 Å². The van der Waals surface area contributed by atoms with Gasteiger partial charge < -0.3 is 4.52 Å². The SMILES string of the molecule is Cc1ccc(-c2cc(NC(=O)CSc3nnc(C)n3-c3ccc(C)cc3)on2)cc1. The molecular weight excluding hydrogens is 398 g/mol. The van der Waals surface area contributed by atoms with Gasteiger partial charge in [-0.1, -0.05) is 64.4 Å². The summed E-state index contributed by atoms with van der Waals surface area (Å²) < 4.78 is 7.19. The van der Waals surface area contributed by atoms with Crippen molar-refractivity contribution in [3.05, 3.63) is 71.5 Å². The van der Waals surface area contributed by atoms with Gasteiger partial charge in [-0.05, 0) is 32.9 Å². The van der Waals surface area contributed by atoms with Gasteiger partial charge in [-0.15, -0.1) is 10.2 Å². The third kappa shape index (κ3) is 4.44. The highest BCUT2D eigenvalue weighted by atomic mass is 32.2. The minimum Gasteiger partial charge on any atom is -0.338 e. The number of nitrogens with zero attached hydrogens (tertiary/aromatic N) is 4. The molecule has 2 aromatic carbocycles. The quantitative estimate of drug-likeness (QED) is 0.461. The number of amides is 1. The lowest BCUT2D eigenvalue weighted by molar-refractivity contribution is -0.113. The first-order chi connectivity index (χ1) is 14.5. The molecule has 1 N–H and O–H groups in total. The number of aromatic nitrogens is 4. The van der Waals surface area contributed by atoms with E-state index in [1.165, 1.54) is 22.9 Å². The van der Waals surface area contributed by atoms with Gasteiger partial charge in [0.1, 0.15) is 11.5 Å². The van der Waals surface area contributed by atoms with Gasteiger partial charge in [0, 0.05) is 17.3 Å². The summed E-state index contributed by atoms with van der Waals surface area (Å²) in [5.41, 5.74) is 4.91. The van der Waals surface area contributed by atoms with Crippen molar-refractivity contribution in [2.75, 3.05) is 11.1 Å². The second-order valence-corrected chi connectivity index (χ2v) is 7.92. The number of hydrogen-bond donors (Lipinski definition) is 1. The highest BCUT2D eigenvalue weighted by Gasteiger charge is 2.15. The molecule has 0 spiro atoms. The molecule has 4 rings (SSSR count). The Labute approximate surface area is 178 Å². The van der Waals surface area contributed by atoms with Crippen LogP contribution < -0.4 is 5.32 Å². The van der Waals surface area contributed by atoms with Crippen molar-refractivity contribution in [3.63, 3.8) is 0 Å². The molecule has 0 aliphatic heterocycles. The molecule has 0 bridgehead atoms. The molecule has 0 fully saturated rings. The van der Waals surface area contributed by atoms with E-state index in [0.717, 1.165) is 17.1 Å². The van der Waals surface area contributed by atoms with E-state index in [0.29, 0.717) is 16.7 Å². The van der Waals surface area contributed by atoms with Gasteiger partial charge >= 0.3 is 0 Å². The van der Waals surface area contributed by atoms with Gasteiger partial charge in [0.05, 0.1) is 5.75 Å². The molecule has 152 valence electrons. The van der Waals surface area contributed by atoms with Gasteiger partial charge in [-0.25, -0.2) is 0 Å². The molecule has 30 heavy (non-hydrogen) atoms. The molecule has 1 amide bonds. The zero-order valence-electron chi connectivity index (χ0n) is 16.9. The number of nitrogens with one attached hydrogen (secondary N) is 1. The fraction of sp³-hybridized carbons (Fsp3) is 0.182. The van der Waals surface area contributed by atoms with Crippen LogP contribution in [-0.2, 0) is 4.79 Å². The fourth-order valence-electron chi connectivity index (χ4n) is 2.93. The largest absolute Gasteiger partial charge is 0.338 e. The average molecular weight is 420 g/mol. The molecular formula is C22H21N5O2S. The van der Waals surface area contributed by atoms with Crippen LogP contribution in [0.2, 0.25) is 0 Å². The summed E-state index contributed by atoms with van der Waals surface area (Å²) in [6.07, 6.45) is 0. The van der Waals surface area contributed by atoms with Gasteiger partial charge in [0.15, 0.2) is 5.16 Å². The van der Waals surface area contributed by atoms with Crippen LogP contribution in [0.15, 0.2) is 64.3 Å². The molecule has 0 saturated carbocycles. The summed E-state index contributed by atoms with van der Waals surface area (Å²) in [6.45, 7) is 5.95. The lowest BCUT2D eigenvalue weighted by atomic mass is 10.1. The Morgan fingerprint density at radius 3 is 2.37 bits per heavy atom. The maximum Gasteiger partial charge on any atom is 0.237 e. The number of anilines is 1. The van der Waals surface area contributed by atoms with Crippen molar-refractivity contribution < 1.29 is 9.32 Å². The van der Waals surface area contributed by atoms with Gasteiger partial charge in [-0.2, -0.15) is 0 Å². The van der Waals surface area contributed by atoms with Crippen LogP contribution >= 0.6 is 11.8 Å². The minimum atomic E-state index is -0.206. The Balaban J connectivity index is 1.40. The Morgan fingerprint density at radius 2 is 1.67 bits per heavy atom. The number of benzene rings is 2. The third-order valence-electron chi connectivity index (χ3n) is 4.54. The van der Waals surface area contributed by atoms with Crippen molar-refractivity contribution in [2.45, 2.75) is 25.9 Å².